The van der Waals surface area contributed by atoms with Crippen LogP contribution in [0, 0.1) is 11.8 Å². The van der Waals surface area contributed by atoms with Crippen LogP contribution in [0.3, 0.4) is 0 Å². The van der Waals surface area contributed by atoms with Gasteiger partial charge < -0.3 is 24.8 Å². The second-order valence-electron chi connectivity index (χ2n) is 7.49. The molecule has 1 aromatic carbocycles. The van der Waals surface area contributed by atoms with Crippen molar-refractivity contribution in [1.82, 2.24) is 19.4 Å². The monoisotopic (exact) mass is 447 g/mol. The van der Waals surface area contributed by atoms with Crippen molar-refractivity contribution in [3.05, 3.63) is 48.3 Å². The summed E-state index contributed by atoms with van der Waals surface area (Å²) in [5.41, 5.74) is 8.15. The summed E-state index contributed by atoms with van der Waals surface area (Å²) in [5.74, 6) is 8.34. The molecule has 9 nitrogen and oxygen atoms in total. The molecule has 0 unspecified atom stereocenters. The maximum Gasteiger partial charge on any atom is 0.246 e. The molecule has 0 saturated carbocycles. The highest BCUT2D eigenvalue weighted by Gasteiger charge is 2.32. The summed E-state index contributed by atoms with van der Waals surface area (Å²) in [5, 5.41) is 0.616. The number of benzene rings is 1. The third-order valence-corrected chi connectivity index (χ3v) is 5.66. The average molecular weight is 447 g/mol. The standard InChI is InChI=1S/C24H25N5O4/c1-5-20(30)28-9-8-16(13-28)29-23-21(22(25)26-14-27-23)19(24(29)33-4)7-6-15-10-17(31-2)12-18(11-15)32-3/h5,10-12,14,16H,1,8-9,13H2,2-4H3,(H2,25,26,27)/t16-/m0/s1. The lowest BCUT2D eigenvalue weighted by molar-refractivity contribution is -0.125. The lowest BCUT2D eigenvalue weighted by Gasteiger charge is -2.17. The van der Waals surface area contributed by atoms with Gasteiger partial charge in [-0.25, -0.2) is 9.97 Å². The number of anilines is 1. The number of nitrogen functional groups attached to an aromatic ring is 1. The van der Waals surface area contributed by atoms with Crippen LogP contribution in [-0.2, 0) is 4.79 Å². The predicted molar refractivity (Wildman–Crippen MR) is 124 cm³/mol. The number of carbonyl (C=O) groups excluding carboxylic acids is 1. The van der Waals surface area contributed by atoms with Gasteiger partial charge in [0.1, 0.15) is 29.3 Å². The molecule has 4 rings (SSSR count). The number of likely N-dealkylation sites (tertiary alicyclic amines) is 1. The number of methoxy groups -OCH3 is 3. The molecule has 3 heterocycles. The van der Waals surface area contributed by atoms with E-state index in [0.29, 0.717) is 58.4 Å². The van der Waals surface area contributed by atoms with E-state index in [1.807, 2.05) is 16.7 Å². The highest BCUT2D eigenvalue weighted by atomic mass is 16.5. The van der Waals surface area contributed by atoms with Crippen LogP contribution in [0.1, 0.15) is 23.6 Å². The van der Waals surface area contributed by atoms with E-state index in [-0.39, 0.29) is 11.9 Å². The summed E-state index contributed by atoms with van der Waals surface area (Å²) in [6, 6.07) is 5.36. The van der Waals surface area contributed by atoms with Crippen LogP contribution in [0.25, 0.3) is 11.0 Å². The van der Waals surface area contributed by atoms with Crippen molar-refractivity contribution in [2.24, 2.45) is 0 Å². The van der Waals surface area contributed by atoms with Gasteiger partial charge in [-0.1, -0.05) is 18.4 Å². The minimum absolute atomic E-state index is 0.0480. The quantitative estimate of drug-likeness (QED) is 0.473. The first-order valence-corrected chi connectivity index (χ1v) is 10.4. The minimum Gasteiger partial charge on any atom is -0.497 e. The minimum atomic E-state index is -0.103. The molecule has 0 aliphatic carbocycles. The van der Waals surface area contributed by atoms with E-state index >= 15 is 0 Å². The SMILES string of the molecule is C=CC(=O)N1CC[C@H](n2c(OC)c(C#Cc3cc(OC)cc(OC)c3)c3c(N)ncnc32)C1. The maximum atomic E-state index is 12.1. The Bertz CT molecular complexity index is 1270. The van der Waals surface area contributed by atoms with Gasteiger partial charge >= 0.3 is 0 Å². The first-order chi connectivity index (χ1) is 16.0. The van der Waals surface area contributed by atoms with E-state index in [4.69, 9.17) is 19.9 Å². The first-order valence-electron chi connectivity index (χ1n) is 10.4. The molecule has 1 aliphatic heterocycles. The van der Waals surface area contributed by atoms with Crippen LogP contribution in [0.5, 0.6) is 17.4 Å². The smallest absolute Gasteiger partial charge is 0.246 e. The molecule has 1 atom stereocenters. The first kappa shape index (κ1) is 22.0. The van der Waals surface area contributed by atoms with E-state index in [9.17, 15) is 4.79 Å². The molecular formula is C24H25N5O4. The van der Waals surface area contributed by atoms with Crippen molar-refractivity contribution >= 4 is 22.8 Å². The Labute approximate surface area is 191 Å². The van der Waals surface area contributed by atoms with Gasteiger partial charge in [0.05, 0.1) is 38.3 Å². The second kappa shape index (κ2) is 9.12. The summed E-state index contributed by atoms with van der Waals surface area (Å²) >= 11 is 0. The van der Waals surface area contributed by atoms with Gasteiger partial charge in [0.15, 0.2) is 0 Å². The summed E-state index contributed by atoms with van der Waals surface area (Å²) in [6.45, 7) is 4.71. The largest absolute Gasteiger partial charge is 0.497 e. The van der Waals surface area contributed by atoms with Crippen LogP contribution >= 0.6 is 0 Å². The number of aromatic nitrogens is 3. The predicted octanol–water partition coefficient (Wildman–Crippen LogP) is 2.40. The van der Waals surface area contributed by atoms with Gasteiger partial charge in [-0.3, -0.25) is 9.36 Å². The molecule has 170 valence electrons. The molecule has 33 heavy (non-hydrogen) atoms. The third-order valence-electron chi connectivity index (χ3n) is 5.66. The number of fused-ring (bicyclic) bond motifs is 1. The summed E-state index contributed by atoms with van der Waals surface area (Å²) < 4.78 is 18.4. The molecule has 0 spiro atoms. The van der Waals surface area contributed by atoms with Crippen LogP contribution < -0.4 is 19.9 Å². The molecule has 1 saturated heterocycles. The second-order valence-corrected chi connectivity index (χ2v) is 7.49. The number of ether oxygens (including phenoxy) is 3. The number of carbonyl (C=O) groups is 1. The third kappa shape index (κ3) is 4.03. The molecule has 1 amide bonds. The lowest BCUT2D eigenvalue weighted by Crippen LogP contribution is -2.27. The zero-order valence-electron chi connectivity index (χ0n) is 18.8. The van der Waals surface area contributed by atoms with Crippen molar-refractivity contribution in [3.63, 3.8) is 0 Å². The highest BCUT2D eigenvalue weighted by molar-refractivity contribution is 5.95. The van der Waals surface area contributed by atoms with Crippen LogP contribution in [0.4, 0.5) is 5.82 Å². The van der Waals surface area contributed by atoms with E-state index in [2.05, 4.69) is 28.4 Å². The number of nitrogens with two attached hydrogens (primary N) is 1. The zero-order chi connectivity index (χ0) is 23.5. The number of hydrogen-bond acceptors (Lipinski definition) is 7. The van der Waals surface area contributed by atoms with E-state index < -0.39 is 0 Å². The highest BCUT2D eigenvalue weighted by Crippen LogP contribution is 2.38. The van der Waals surface area contributed by atoms with Gasteiger partial charge in [0.2, 0.25) is 11.8 Å². The van der Waals surface area contributed by atoms with Crippen LogP contribution in [0.15, 0.2) is 37.2 Å². The van der Waals surface area contributed by atoms with Gasteiger partial charge in [-0.05, 0) is 24.6 Å². The Morgan fingerprint density at radius 1 is 1.15 bits per heavy atom. The number of nitrogens with zero attached hydrogens (tertiary/aromatic N) is 4. The van der Waals surface area contributed by atoms with Gasteiger partial charge in [0.25, 0.3) is 0 Å². The van der Waals surface area contributed by atoms with E-state index in [1.165, 1.54) is 12.4 Å². The summed E-state index contributed by atoms with van der Waals surface area (Å²) in [6.07, 6.45) is 3.48. The van der Waals surface area contributed by atoms with Crippen molar-refractivity contribution < 1.29 is 19.0 Å². The Hall–Kier alpha value is -4.19. The van der Waals surface area contributed by atoms with Crippen LogP contribution in [-0.4, -0.2) is 59.8 Å². The fraction of sp³-hybridized carbons (Fsp3) is 0.292. The molecule has 9 heteroatoms. The topological polar surface area (TPSA) is 105 Å². The molecule has 0 radical (unpaired) electrons. The Morgan fingerprint density at radius 2 is 1.88 bits per heavy atom. The average Bonchev–Trinajstić information content (AvgIpc) is 3.44. The Morgan fingerprint density at radius 3 is 2.52 bits per heavy atom. The van der Waals surface area contributed by atoms with Crippen molar-refractivity contribution in [3.8, 4) is 29.2 Å². The molecule has 3 aromatic rings. The Balaban J connectivity index is 1.85. The van der Waals surface area contributed by atoms with Crippen LogP contribution in [0.2, 0.25) is 0 Å². The molecule has 2 aromatic heterocycles. The normalized spacial score (nSPS) is 15.1. The fourth-order valence-electron chi connectivity index (χ4n) is 4.09. The molecule has 1 fully saturated rings. The summed E-state index contributed by atoms with van der Waals surface area (Å²) in [4.78, 5) is 22.5. The van der Waals surface area contributed by atoms with Gasteiger partial charge in [0, 0.05) is 24.7 Å². The fourth-order valence-corrected chi connectivity index (χ4v) is 4.09. The van der Waals surface area contributed by atoms with Crippen molar-refractivity contribution in [2.75, 3.05) is 40.2 Å². The lowest BCUT2D eigenvalue weighted by atomic mass is 10.1. The maximum absolute atomic E-state index is 12.1. The van der Waals surface area contributed by atoms with Crippen molar-refractivity contribution in [1.29, 1.82) is 0 Å². The number of rotatable bonds is 5. The van der Waals surface area contributed by atoms with Gasteiger partial charge in [-0.2, -0.15) is 0 Å². The molecule has 2 N–H and O–H groups in total. The molecule has 1 aliphatic rings. The van der Waals surface area contributed by atoms with Crippen molar-refractivity contribution in [2.45, 2.75) is 12.5 Å². The van der Waals surface area contributed by atoms with E-state index in [1.54, 1.807) is 32.3 Å². The zero-order valence-corrected chi connectivity index (χ0v) is 18.8. The van der Waals surface area contributed by atoms with Gasteiger partial charge in [-0.15, -0.1) is 0 Å². The summed E-state index contributed by atoms with van der Waals surface area (Å²) in [7, 11) is 4.75. The number of amides is 1. The van der Waals surface area contributed by atoms with E-state index in [0.717, 1.165) is 6.42 Å². The molecule has 0 bridgehead atoms. The number of hydrogen-bond donors (Lipinski definition) is 1. The Kier molecular flexibility index (Phi) is 6.09. The molecular weight excluding hydrogens is 422 g/mol.